The highest BCUT2D eigenvalue weighted by atomic mass is 16.5. The second kappa shape index (κ2) is 8.46. The molecule has 9 heteroatoms. The van der Waals surface area contributed by atoms with Gasteiger partial charge in [-0.1, -0.05) is 18.2 Å². The van der Waals surface area contributed by atoms with Crippen LogP contribution in [0.3, 0.4) is 0 Å². The first-order chi connectivity index (χ1) is 15.7. The number of ether oxygens (including phenoxy) is 2. The van der Waals surface area contributed by atoms with E-state index in [0.717, 1.165) is 12.1 Å². The predicted molar refractivity (Wildman–Crippen MR) is 115 cm³/mol. The summed E-state index contributed by atoms with van der Waals surface area (Å²) in [6.07, 6.45) is 1.42. The van der Waals surface area contributed by atoms with Gasteiger partial charge in [0.2, 0.25) is 5.75 Å². The van der Waals surface area contributed by atoms with Crippen LogP contribution in [0.25, 0.3) is 6.08 Å². The summed E-state index contributed by atoms with van der Waals surface area (Å²) < 4.78 is 11.3. The van der Waals surface area contributed by atoms with Crippen LogP contribution < -0.4 is 9.47 Å². The van der Waals surface area contributed by atoms with E-state index in [2.05, 4.69) is 0 Å². The molecule has 1 unspecified atom stereocenters. The van der Waals surface area contributed by atoms with Crippen molar-refractivity contribution in [2.24, 2.45) is 0 Å². The lowest BCUT2D eigenvalue weighted by Crippen LogP contribution is -2.20. The van der Waals surface area contributed by atoms with Crippen molar-refractivity contribution >= 4 is 17.8 Å². The Hall–Kier alpha value is -4.66. The quantitative estimate of drug-likeness (QED) is 0.285. The number of hydrogen-bond acceptors (Lipinski definition) is 8. The summed E-state index contributed by atoms with van der Waals surface area (Å²) in [5.41, 5.74) is 0.877. The first-order valence-corrected chi connectivity index (χ1v) is 9.72. The molecule has 0 amide bonds. The lowest BCUT2D eigenvalue weighted by atomic mass is 9.95. The van der Waals surface area contributed by atoms with E-state index in [1.807, 2.05) is 0 Å². The summed E-state index contributed by atoms with van der Waals surface area (Å²) in [5, 5.41) is 48.9. The van der Waals surface area contributed by atoms with E-state index in [1.165, 1.54) is 36.4 Å². The maximum atomic E-state index is 12.8. The van der Waals surface area contributed by atoms with Crippen LogP contribution >= 0.6 is 0 Å². The normalized spacial score (nSPS) is 15.2. The van der Waals surface area contributed by atoms with E-state index in [-0.39, 0.29) is 40.7 Å². The molecule has 0 saturated carbocycles. The van der Waals surface area contributed by atoms with Crippen LogP contribution in [0.15, 0.2) is 54.6 Å². The summed E-state index contributed by atoms with van der Waals surface area (Å²) in [4.78, 5) is 23.4. The molecule has 168 valence electrons. The number of hydrogen-bond donors (Lipinski definition) is 5. The molecule has 3 aromatic rings. The van der Waals surface area contributed by atoms with Crippen molar-refractivity contribution in [3.8, 4) is 40.2 Å². The third kappa shape index (κ3) is 4.38. The number of rotatable bonds is 5. The number of ketones is 1. The van der Waals surface area contributed by atoms with Crippen molar-refractivity contribution in [1.82, 2.24) is 0 Å². The molecule has 0 radical (unpaired) electrons. The number of phenols is 4. The Morgan fingerprint density at radius 3 is 2.36 bits per heavy atom. The topological polar surface area (TPSA) is 154 Å². The van der Waals surface area contributed by atoms with E-state index in [1.54, 1.807) is 12.1 Å². The lowest BCUT2D eigenvalue weighted by molar-refractivity contribution is -0.131. The van der Waals surface area contributed by atoms with Gasteiger partial charge in [0.25, 0.3) is 0 Å². The average molecular weight is 450 g/mol. The van der Waals surface area contributed by atoms with E-state index >= 15 is 0 Å². The average Bonchev–Trinajstić information content (AvgIpc) is 2.77. The molecule has 1 heterocycles. The second-order valence-electron chi connectivity index (χ2n) is 7.27. The number of Topliss-reactive ketones (excluding diaryl/α,β-unsaturated/α-hetero) is 1. The smallest absolute Gasteiger partial charge is 0.328 e. The highest BCUT2D eigenvalue weighted by molar-refractivity contribution is 6.03. The highest BCUT2D eigenvalue weighted by Gasteiger charge is 2.33. The van der Waals surface area contributed by atoms with E-state index in [0.29, 0.717) is 11.1 Å². The number of carbonyl (C=O) groups excluding carboxylic acids is 1. The van der Waals surface area contributed by atoms with Gasteiger partial charge in [0.05, 0.1) is 6.42 Å². The molecule has 0 fully saturated rings. The van der Waals surface area contributed by atoms with Gasteiger partial charge in [-0.05, 0) is 41.5 Å². The number of benzene rings is 3. The molecule has 1 atom stereocenters. The minimum Gasteiger partial charge on any atom is -0.504 e. The highest BCUT2D eigenvalue weighted by Crippen LogP contribution is 2.50. The second-order valence-corrected chi connectivity index (χ2v) is 7.27. The van der Waals surface area contributed by atoms with Gasteiger partial charge in [0.1, 0.15) is 23.2 Å². The van der Waals surface area contributed by atoms with Crippen LogP contribution in [0.2, 0.25) is 0 Å². The van der Waals surface area contributed by atoms with Gasteiger partial charge >= 0.3 is 5.97 Å². The zero-order valence-corrected chi connectivity index (χ0v) is 16.9. The molecule has 1 aliphatic rings. The molecule has 4 rings (SSSR count). The van der Waals surface area contributed by atoms with Crippen molar-refractivity contribution in [1.29, 1.82) is 0 Å². The minimum atomic E-state index is -1.09. The standard InChI is InChI=1S/C24H18O9/c25-15-7-4-13(9-16(15)26)19-10-17(27)22-20(33-19)11-18(28)24(23(22)31)32-14-5-1-12(2-6-14)3-8-21(29)30/h1-9,11,19,25-26,28,31H,10H2,(H,29,30). The summed E-state index contributed by atoms with van der Waals surface area (Å²) in [6, 6.07) is 11.3. The maximum Gasteiger partial charge on any atom is 0.328 e. The fourth-order valence-corrected chi connectivity index (χ4v) is 3.40. The molecular formula is C24H18O9. The summed E-state index contributed by atoms with van der Waals surface area (Å²) in [5.74, 6) is -3.45. The largest absolute Gasteiger partial charge is 0.504 e. The zero-order valence-electron chi connectivity index (χ0n) is 16.9. The number of fused-ring (bicyclic) bond motifs is 1. The van der Waals surface area contributed by atoms with Gasteiger partial charge in [-0.15, -0.1) is 0 Å². The Kier molecular flexibility index (Phi) is 5.53. The van der Waals surface area contributed by atoms with Crippen LogP contribution in [0, 0.1) is 0 Å². The van der Waals surface area contributed by atoms with Crippen molar-refractivity contribution in [2.45, 2.75) is 12.5 Å². The minimum absolute atomic E-state index is 0.0553. The van der Waals surface area contributed by atoms with Gasteiger partial charge in [0, 0.05) is 12.1 Å². The number of aromatic hydroxyl groups is 4. The van der Waals surface area contributed by atoms with Crippen LogP contribution in [0.1, 0.15) is 34.0 Å². The Morgan fingerprint density at radius 1 is 0.970 bits per heavy atom. The monoisotopic (exact) mass is 450 g/mol. The number of aliphatic carboxylic acids is 1. The fourth-order valence-electron chi connectivity index (χ4n) is 3.40. The molecule has 0 bridgehead atoms. The predicted octanol–water partition coefficient (Wildman–Crippen LogP) is 4.11. The Morgan fingerprint density at radius 2 is 1.70 bits per heavy atom. The molecule has 0 saturated heterocycles. The molecule has 0 aromatic heterocycles. The van der Waals surface area contributed by atoms with Crippen LogP contribution in [0.5, 0.6) is 40.2 Å². The molecule has 0 spiro atoms. The third-order valence-corrected chi connectivity index (χ3v) is 5.01. The van der Waals surface area contributed by atoms with E-state index < -0.39 is 29.4 Å². The van der Waals surface area contributed by atoms with Gasteiger partial charge < -0.3 is 35.0 Å². The molecule has 3 aromatic carbocycles. The van der Waals surface area contributed by atoms with E-state index in [9.17, 15) is 30.0 Å². The molecule has 9 nitrogen and oxygen atoms in total. The Bertz CT molecular complexity index is 1280. The maximum absolute atomic E-state index is 12.8. The van der Waals surface area contributed by atoms with Crippen molar-refractivity contribution in [3.05, 3.63) is 71.3 Å². The van der Waals surface area contributed by atoms with E-state index in [4.69, 9.17) is 14.6 Å². The van der Waals surface area contributed by atoms with Crippen molar-refractivity contribution in [2.75, 3.05) is 0 Å². The van der Waals surface area contributed by atoms with Gasteiger partial charge in [-0.2, -0.15) is 0 Å². The molecular weight excluding hydrogens is 432 g/mol. The SMILES string of the molecule is O=C(O)C=Cc1ccc(Oc2c(O)cc3c(c2O)C(=O)CC(c2ccc(O)c(O)c2)O3)cc1. The summed E-state index contributed by atoms with van der Waals surface area (Å²) >= 11 is 0. The van der Waals surface area contributed by atoms with Gasteiger partial charge in [-0.25, -0.2) is 4.79 Å². The van der Waals surface area contributed by atoms with Crippen LogP contribution in [-0.4, -0.2) is 37.3 Å². The summed E-state index contributed by atoms with van der Waals surface area (Å²) in [7, 11) is 0. The van der Waals surface area contributed by atoms with Gasteiger partial charge in [-0.3, -0.25) is 4.79 Å². The first-order valence-electron chi connectivity index (χ1n) is 9.72. The van der Waals surface area contributed by atoms with Crippen LogP contribution in [0.4, 0.5) is 0 Å². The number of carbonyl (C=O) groups is 2. The van der Waals surface area contributed by atoms with Crippen LogP contribution in [-0.2, 0) is 4.79 Å². The fraction of sp³-hybridized carbons (Fsp3) is 0.0833. The zero-order chi connectivity index (χ0) is 23.7. The Balaban J connectivity index is 1.61. The first kappa shape index (κ1) is 21.6. The number of carboxylic acids is 1. The van der Waals surface area contributed by atoms with Gasteiger partial charge in [0.15, 0.2) is 28.8 Å². The molecule has 5 N–H and O–H groups in total. The third-order valence-electron chi connectivity index (χ3n) is 5.01. The van der Waals surface area contributed by atoms with Crippen molar-refractivity contribution < 1.29 is 44.6 Å². The Labute approximate surface area is 187 Å². The molecule has 0 aliphatic carbocycles. The molecule has 1 aliphatic heterocycles. The number of phenolic OH excluding ortho intramolecular Hbond substituents is 4. The molecule has 33 heavy (non-hydrogen) atoms. The number of carboxylic acid groups (broad SMARTS) is 1. The summed E-state index contributed by atoms with van der Waals surface area (Å²) in [6.45, 7) is 0. The van der Waals surface area contributed by atoms with Crippen molar-refractivity contribution in [3.63, 3.8) is 0 Å². The lowest BCUT2D eigenvalue weighted by Gasteiger charge is -2.27.